The summed E-state index contributed by atoms with van der Waals surface area (Å²) in [5.74, 6) is 1.81. The zero-order chi connectivity index (χ0) is 15.9. The van der Waals surface area contributed by atoms with E-state index in [4.69, 9.17) is 14.2 Å². The van der Waals surface area contributed by atoms with Crippen molar-refractivity contribution in [3.8, 4) is 17.2 Å². The second-order valence-electron chi connectivity index (χ2n) is 4.40. The fourth-order valence-electron chi connectivity index (χ4n) is 1.90. The van der Waals surface area contributed by atoms with Crippen molar-refractivity contribution in [1.82, 2.24) is 0 Å². The van der Waals surface area contributed by atoms with E-state index < -0.39 is 0 Å². The highest BCUT2D eigenvalue weighted by atomic mass is 16.5. The molecule has 6 heteroatoms. The Balaban J connectivity index is 2.20. The van der Waals surface area contributed by atoms with Gasteiger partial charge in [0.1, 0.15) is 17.2 Å². The Bertz CT molecular complexity index is 641. The summed E-state index contributed by atoms with van der Waals surface area (Å²) >= 11 is 0. The van der Waals surface area contributed by atoms with Crippen LogP contribution in [0.3, 0.4) is 0 Å². The van der Waals surface area contributed by atoms with Gasteiger partial charge in [0.05, 0.1) is 25.7 Å². The van der Waals surface area contributed by atoms with Gasteiger partial charge in [-0.2, -0.15) is 0 Å². The molecule has 0 atom stereocenters. The van der Waals surface area contributed by atoms with E-state index in [0.29, 0.717) is 34.3 Å². The van der Waals surface area contributed by atoms with Crippen LogP contribution in [0.1, 0.15) is 6.92 Å². The summed E-state index contributed by atoms with van der Waals surface area (Å²) in [6.45, 7) is 2.31. The third kappa shape index (κ3) is 3.66. The Morgan fingerprint density at radius 1 is 1.00 bits per heavy atom. The van der Waals surface area contributed by atoms with Crippen molar-refractivity contribution in [2.45, 2.75) is 6.92 Å². The average molecular weight is 303 g/mol. The van der Waals surface area contributed by atoms with E-state index in [2.05, 4.69) is 5.43 Å². The highest BCUT2D eigenvalue weighted by molar-refractivity contribution is 5.52. The Kier molecular flexibility index (Phi) is 5.19. The van der Waals surface area contributed by atoms with E-state index in [0.717, 1.165) is 5.75 Å². The molecule has 1 N–H and O–H groups in total. The molecule has 2 rings (SSSR count). The quantitative estimate of drug-likeness (QED) is 0.626. The first kappa shape index (κ1) is 15.6. The minimum Gasteiger partial charge on any atom is -0.497 e. The van der Waals surface area contributed by atoms with Crippen molar-refractivity contribution in [3.63, 3.8) is 0 Å². The van der Waals surface area contributed by atoms with Crippen LogP contribution in [0.5, 0.6) is 17.2 Å². The number of methoxy groups -OCH3 is 2. The zero-order valence-corrected chi connectivity index (χ0v) is 12.8. The summed E-state index contributed by atoms with van der Waals surface area (Å²) in [7, 11) is 3.16. The topological polar surface area (TPSA) is 59.8 Å². The molecule has 0 heterocycles. The number of benzene rings is 2. The molecule has 116 valence electrons. The summed E-state index contributed by atoms with van der Waals surface area (Å²) in [5.41, 5.74) is 3.77. The Morgan fingerprint density at radius 2 is 1.64 bits per heavy atom. The maximum atomic E-state index is 12.3. The molecule has 6 nitrogen and oxygen atoms in total. The van der Waals surface area contributed by atoms with Crippen molar-refractivity contribution in [3.05, 3.63) is 47.4 Å². The molecule has 0 saturated heterocycles. The molecular weight excluding hydrogens is 284 g/mol. The van der Waals surface area contributed by atoms with Crippen molar-refractivity contribution in [2.75, 3.05) is 26.3 Å². The number of anilines is 1. The van der Waals surface area contributed by atoms with Gasteiger partial charge in [0, 0.05) is 12.1 Å². The lowest BCUT2D eigenvalue weighted by molar-refractivity contribution is -0.428. The number of rotatable bonds is 7. The van der Waals surface area contributed by atoms with Gasteiger partial charge in [-0.15, -0.1) is 5.43 Å². The Hall–Kier alpha value is -2.76. The maximum Gasteiger partial charge on any atom is 0.334 e. The van der Waals surface area contributed by atoms with Gasteiger partial charge in [0.2, 0.25) is 5.75 Å². The zero-order valence-electron chi connectivity index (χ0n) is 12.8. The molecule has 2 aromatic rings. The van der Waals surface area contributed by atoms with E-state index in [-0.39, 0.29) is 0 Å². The number of hydrogen-bond acceptors (Lipinski definition) is 4. The number of nitrogens with one attached hydrogen (secondary N) is 1. The van der Waals surface area contributed by atoms with Crippen molar-refractivity contribution in [1.29, 1.82) is 0 Å². The molecule has 22 heavy (non-hydrogen) atoms. The van der Waals surface area contributed by atoms with E-state index in [1.807, 2.05) is 6.92 Å². The second-order valence-corrected chi connectivity index (χ2v) is 4.40. The lowest BCUT2D eigenvalue weighted by Gasteiger charge is -2.06. The van der Waals surface area contributed by atoms with Gasteiger partial charge in [0.15, 0.2) is 4.87 Å². The molecule has 2 aromatic carbocycles. The first-order chi connectivity index (χ1) is 10.7. The molecule has 0 saturated carbocycles. The smallest absolute Gasteiger partial charge is 0.334 e. The number of nitrogens with zero attached hydrogens (tertiary/aromatic N) is 1. The largest absolute Gasteiger partial charge is 0.497 e. The lowest BCUT2D eigenvalue weighted by atomic mass is 10.2. The monoisotopic (exact) mass is 303 g/mol. The molecular formula is C16H19N2O4+. The first-order valence-corrected chi connectivity index (χ1v) is 6.86. The first-order valence-electron chi connectivity index (χ1n) is 6.86. The van der Waals surface area contributed by atoms with Crippen molar-refractivity contribution >= 4 is 11.4 Å². The van der Waals surface area contributed by atoms with Crippen LogP contribution < -0.4 is 19.6 Å². The predicted octanol–water partition coefficient (Wildman–Crippen LogP) is 3.54. The summed E-state index contributed by atoms with van der Waals surface area (Å²) in [6, 6.07) is 12.1. The fraction of sp³-hybridized carbons (Fsp3) is 0.250. The van der Waals surface area contributed by atoms with Crippen molar-refractivity contribution in [2.24, 2.45) is 0 Å². The van der Waals surface area contributed by atoms with Gasteiger partial charge in [-0.05, 0) is 37.3 Å². The molecule has 0 spiro atoms. The van der Waals surface area contributed by atoms with Gasteiger partial charge >= 0.3 is 5.69 Å². The van der Waals surface area contributed by atoms with E-state index in [1.54, 1.807) is 56.7 Å². The van der Waals surface area contributed by atoms with Crippen molar-refractivity contribution < 1.29 is 19.1 Å². The van der Waals surface area contributed by atoms with Crippen LogP contribution in [-0.4, -0.2) is 25.7 Å². The molecule has 0 fully saturated rings. The van der Waals surface area contributed by atoms with Crippen LogP contribution in [0.15, 0.2) is 42.5 Å². The van der Waals surface area contributed by atoms with Crippen LogP contribution >= 0.6 is 0 Å². The van der Waals surface area contributed by atoms with E-state index >= 15 is 0 Å². The summed E-state index contributed by atoms with van der Waals surface area (Å²) in [6.07, 6.45) is 0. The number of hydrogen-bond donors (Lipinski definition) is 1. The van der Waals surface area contributed by atoms with Gasteiger partial charge in [-0.1, -0.05) is 0 Å². The normalized spacial score (nSPS) is 9.95. The van der Waals surface area contributed by atoms with Crippen LogP contribution in [0.2, 0.25) is 0 Å². The number of hydrazine groups is 1. The van der Waals surface area contributed by atoms with Gasteiger partial charge in [0.25, 0.3) is 0 Å². The summed E-state index contributed by atoms with van der Waals surface area (Å²) in [5, 5.41) is 0. The summed E-state index contributed by atoms with van der Waals surface area (Å²) < 4.78 is 15.7. The molecule has 0 bridgehead atoms. The Labute approximate surface area is 129 Å². The highest BCUT2D eigenvalue weighted by Gasteiger charge is 2.22. The minimum atomic E-state index is 0.374. The molecule has 0 aliphatic heterocycles. The lowest BCUT2D eigenvalue weighted by Crippen LogP contribution is -2.11. The minimum absolute atomic E-state index is 0.374. The molecule has 0 amide bonds. The molecule has 0 aliphatic rings. The number of ether oxygens (including phenoxy) is 3. The maximum absolute atomic E-state index is 12.3. The average Bonchev–Trinajstić information content (AvgIpc) is 2.55. The van der Waals surface area contributed by atoms with E-state index in [9.17, 15) is 4.91 Å². The van der Waals surface area contributed by atoms with Crippen LogP contribution in [0, 0.1) is 4.91 Å². The molecule has 0 aromatic heterocycles. The third-order valence-corrected chi connectivity index (χ3v) is 3.01. The fourth-order valence-corrected chi connectivity index (χ4v) is 1.90. The highest BCUT2D eigenvalue weighted by Crippen LogP contribution is 2.31. The van der Waals surface area contributed by atoms with Crippen LogP contribution in [0.4, 0.5) is 11.4 Å². The SMILES string of the molecule is CCOc1cc(OC)ccc1[N+](=O)Nc1ccc(OC)cc1. The molecule has 0 unspecified atom stereocenters. The van der Waals surface area contributed by atoms with E-state index in [1.165, 1.54) is 0 Å². The van der Waals surface area contributed by atoms with Gasteiger partial charge in [-0.3, -0.25) is 0 Å². The third-order valence-electron chi connectivity index (χ3n) is 3.01. The summed E-state index contributed by atoms with van der Waals surface area (Å²) in [4.78, 5) is 13.0. The van der Waals surface area contributed by atoms with Gasteiger partial charge in [-0.25, -0.2) is 0 Å². The standard InChI is InChI=1S/C16H19N2O4/c1-4-22-16-11-14(21-3)9-10-15(16)18(19)17-12-5-7-13(20-2)8-6-12/h5-11H,4H2,1-3H3,(H,17,19)/q+1. The molecule has 0 aliphatic carbocycles. The second kappa shape index (κ2) is 7.31. The predicted molar refractivity (Wildman–Crippen MR) is 84.1 cm³/mol. The van der Waals surface area contributed by atoms with Gasteiger partial charge < -0.3 is 14.2 Å². The van der Waals surface area contributed by atoms with Crippen LogP contribution in [0.25, 0.3) is 0 Å². The number of nitroso groups, excluding NO2 is 1. The van der Waals surface area contributed by atoms with Crippen LogP contribution in [-0.2, 0) is 0 Å². The Morgan fingerprint density at radius 3 is 2.23 bits per heavy atom. The molecule has 0 radical (unpaired) electrons.